The van der Waals surface area contributed by atoms with Crippen molar-refractivity contribution in [3.63, 3.8) is 0 Å². The monoisotopic (exact) mass is 412 g/mol. The van der Waals surface area contributed by atoms with E-state index >= 15 is 0 Å². The molecule has 1 N–H and O–H groups in total. The summed E-state index contributed by atoms with van der Waals surface area (Å²) in [7, 11) is 4.08. The smallest absolute Gasteiger partial charge is 0.161 e. The summed E-state index contributed by atoms with van der Waals surface area (Å²) < 4.78 is 1.99. The molecule has 0 fully saturated rings. The number of aromatic nitrogens is 2. The van der Waals surface area contributed by atoms with E-state index in [4.69, 9.17) is 5.10 Å². The van der Waals surface area contributed by atoms with Gasteiger partial charge in [0.25, 0.3) is 0 Å². The van der Waals surface area contributed by atoms with Crippen molar-refractivity contribution in [2.45, 2.75) is 39.0 Å². The van der Waals surface area contributed by atoms with E-state index in [2.05, 4.69) is 65.7 Å². The second-order valence-corrected chi connectivity index (χ2v) is 8.81. The van der Waals surface area contributed by atoms with Gasteiger partial charge in [0.15, 0.2) is 5.78 Å². The molecule has 1 aromatic heterocycles. The molecule has 31 heavy (non-hydrogen) atoms. The molecular weight excluding hydrogens is 384 g/mol. The molecule has 158 valence electrons. The summed E-state index contributed by atoms with van der Waals surface area (Å²) in [5, 5.41) is 8.52. The normalized spacial score (nSPS) is 17.8. The first-order chi connectivity index (χ1) is 14.9. The molecule has 0 amide bonds. The van der Waals surface area contributed by atoms with E-state index in [0.717, 1.165) is 58.1 Å². The van der Waals surface area contributed by atoms with Gasteiger partial charge in [0.2, 0.25) is 0 Å². The number of rotatable bonds is 3. The lowest BCUT2D eigenvalue weighted by Crippen LogP contribution is -2.27. The maximum atomic E-state index is 13.1. The van der Waals surface area contributed by atoms with Gasteiger partial charge in [-0.15, -0.1) is 0 Å². The molecule has 0 unspecified atom stereocenters. The SMILES string of the molecule is Cc1ccc(-n2nc(C)c3c2NC2=C(C(=O)CCC2)[C@H]3c2ccc(N(C)C)cc2)cc1. The van der Waals surface area contributed by atoms with E-state index in [0.29, 0.717) is 6.42 Å². The number of hydrogen-bond acceptors (Lipinski definition) is 4. The predicted molar refractivity (Wildman–Crippen MR) is 125 cm³/mol. The predicted octanol–water partition coefficient (Wildman–Crippen LogP) is 5.12. The molecule has 2 heterocycles. The first kappa shape index (κ1) is 19.6. The fourth-order valence-corrected chi connectivity index (χ4v) is 4.79. The molecule has 0 spiro atoms. The summed E-state index contributed by atoms with van der Waals surface area (Å²) in [4.78, 5) is 15.2. The van der Waals surface area contributed by atoms with Crippen molar-refractivity contribution in [2.75, 3.05) is 24.3 Å². The third kappa shape index (κ3) is 3.25. The van der Waals surface area contributed by atoms with Crippen molar-refractivity contribution >= 4 is 17.3 Å². The van der Waals surface area contributed by atoms with Crippen LogP contribution in [0.5, 0.6) is 0 Å². The summed E-state index contributed by atoms with van der Waals surface area (Å²) >= 11 is 0. The van der Waals surface area contributed by atoms with Gasteiger partial charge < -0.3 is 10.2 Å². The quantitative estimate of drug-likeness (QED) is 0.649. The van der Waals surface area contributed by atoms with Crippen molar-refractivity contribution in [3.8, 4) is 5.69 Å². The van der Waals surface area contributed by atoms with Crippen LogP contribution >= 0.6 is 0 Å². The van der Waals surface area contributed by atoms with Crippen LogP contribution in [-0.2, 0) is 4.79 Å². The van der Waals surface area contributed by atoms with Crippen LogP contribution in [0.15, 0.2) is 59.8 Å². The number of hydrogen-bond donors (Lipinski definition) is 1. The Morgan fingerprint density at radius 1 is 1.00 bits per heavy atom. The average Bonchev–Trinajstić information content (AvgIpc) is 3.09. The molecule has 5 nitrogen and oxygen atoms in total. The standard InChI is InChI=1S/C26H28N4O/c1-16-8-12-20(13-9-16)30-26-23(17(2)28-30)24(18-10-14-19(15-11-18)29(3)4)25-21(27-26)6-5-7-22(25)31/h8-15,24,27H,5-7H2,1-4H3/t24-/m0/s1. The summed E-state index contributed by atoms with van der Waals surface area (Å²) in [6.07, 6.45) is 2.40. The minimum Gasteiger partial charge on any atom is -0.378 e. The number of allylic oxidation sites excluding steroid dienone is 2. The van der Waals surface area contributed by atoms with E-state index in [1.807, 2.05) is 25.7 Å². The number of carbonyl (C=O) groups is 1. The van der Waals surface area contributed by atoms with Crippen molar-refractivity contribution in [1.29, 1.82) is 0 Å². The average molecular weight is 413 g/mol. The number of anilines is 2. The molecule has 5 heteroatoms. The van der Waals surface area contributed by atoms with Crippen LogP contribution < -0.4 is 10.2 Å². The largest absolute Gasteiger partial charge is 0.378 e. The fourth-order valence-electron chi connectivity index (χ4n) is 4.79. The number of nitrogens with zero attached hydrogens (tertiary/aromatic N) is 3. The van der Waals surface area contributed by atoms with Crippen LogP contribution in [0.25, 0.3) is 5.69 Å². The van der Waals surface area contributed by atoms with Gasteiger partial charge in [0.05, 0.1) is 11.4 Å². The second-order valence-electron chi connectivity index (χ2n) is 8.81. The van der Waals surface area contributed by atoms with Gasteiger partial charge in [-0.1, -0.05) is 29.8 Å². The van der Waals surface area contributed by atoms with Crippen molar-refractivity contribution in [1.82, 2.24) is 9.78 Å². The highest BCUT2D eigenvalue weighted by Gasteiger charge is 2.38. The Bertz CT molecular complexity index is 1180. The van der Waals surface area contributed by atoms with Crippen molar-refractivity contribution < 1.29 is 4.79 Å². The summed E-state index contributed by atoms with van der Waals surface area (Å²) in [6, 6.07) is 17.0. The second kappa shape index (κ2) is 7.41. The number of nitrogens with one attached hydrogen (secondary N) is 1. The topological polar surface area (TPSA) is 50.2 Å². The lowest BCUT2D eigenvalue weighted by molar-refractivity contribution is -0.116. The van der Waals surface area contributed by atoms with Crippen LogP contribution in [0.4, 0.5) is 11.5 Å². The van der Waals surface area contributed by atoms with Crippen molar-refractivity contribution in [2.24, 2.45) is 0 Å². The molecule has 0 saturated carbocycles. The highest BCUT2D eigenvalue weighted by molar-refractivity contribution is 6.01. The fraction of sp³-hybridized carbons (Fsp3) is 0.308. The van der Waals surface area contributed by atoms with Gasteiger partial charge in [-0.25, -0.2) is 4.68 Å². The van der Waals surface area contributed by atoms with Crippen molar-refractivity contribution in [3.05, 3.63) is 82.2 Å². The van der Waals surface area contributed by atoms with Crippen LogP contribution in [0.1, 0.15) is 47.6 Å². The third-order valence-corrected chi connectivity index (χ3v) is 6.43. The van der Waals surface area contributed by atoms with Crippen LogP contribution in [0, 0.1) is 13.8 Å². The Kier molecular flexibility index (Phi) is 4.69. The highest BCUT2D eigenvalue weighted by Crippen LogP contribution is 2.47. The highest BCUT2D eigenvalue weighted by atomic mass is 16.1. The molecule has 0 bridgehead atoms. The minimum absolute atomic E-state index is 0.0885. The summed E-state index contributed by atoms with van der Waals surface area (Å²) in [6.45, 7) is 4.13. The van der Waals surface area contributed by atoms with Crippen LogP contribution in [0.2, 0.25) is 0 Å². The molecule has 2 aromatic carbocycles. The number of fused-ring (bicyclic) bond motifs is 1. The van der Waals surface area contributed by atoms with E-state index in [1.54, 1.807) is 0 Å². The molecular formula is C26H28N4O. The molecule has 1 aliphatic heterocycles. The van der Waals surface area contributed by atoms with Gasteiger partial charge >= 0.3 is 0 Å². The van der Waals surface area contributed by atoms with E-state index in [1.165, 1.54) is 5.56 Å². The maximum absolute atomic E-state index is 13.1. The van der Waals surface area contributed by atoms with E-state index < -0.39 is 0 Å². The van der Waals surface area contributed by atoms with Crippen LogP contribution in [-0.4, -0.2) is 29.7 Å². The molecule has 3 aromatic rings. The molecule has 0 saturated heterocycles. The van der Waals surface area contributed by atoms with E-state index in [-0.39, 0.29) is 11.7 Å². The van der Waals surface area contributed by atoms with Gasteiger partial charge in [-0.05, 0) is 56.5 Å². The molecule has 5 rings (SSSR count). The zero-order valence-electron chi connectivity index (χ0n) is 18.6. The number of benzene rings is 2. The number of aryl methyl sites for hydroxylation is 2. The van der Waals surface area contributed by atoms with Gasteiger partial charge in [-0.3, -0.25) is 4.79 Å². The van der Waals surface area contributed by atoms with Gasteiger partial charge in [0, 0.05) is 49.0 Å². The van der Waals surface area contributed by atoms with Gasteiger partial charge in [-0.2, -0.15) is 5.10 Å². The maximum Gasteiger partial charge on any atom is 0.161 e. The lowest BCUT2D eigenvalue weighted by atomic mass is 9.76. The zero-order valence-corrected chi connectivity index (χ0v) is 18.6. The minimum atomic E-state index is -0.0885. The summed E-state index contributed by atoms with van der Waals surface area (Å²) in [5.41, 5.74) is 8.56. The Morgan fingerprint density at radius 2 is 1.71 bits per heavy atom. The number of ketones is 1. The lowest BCUT2D eigenvalue weighted by Gasteiger charge is -2.33. The third-order valence-electron chi connectivity index (χ3n) is 6.43. The molecule has 0 radical (unpaired) electrons. The molecule has 2 aliphatic rings. The Balaban J connectivity index is 1.70. The van der Waals surface area contributed by atoms with E-state index in [9.17, 15) is 4.79 Å². The first-order valence-electron chi connectivity index (χ1n) is 10.9. The first-order valence-corrected chi connectivity index (χ1v) is 10.9. The molecule has 1 aliphatic carbocycles. The van der Waals surface area contributed by atoms with Crippen LogP contribution in [0.3, 0.4) is 0 Å². The Hall–Kier alpha value is -3.34. The Labute approximate surface area is 183 Å². The number of carbonyl (C=O) groups excluding carboxylic acids is 1. The summed E-state index contributed by atoms with van der Waals surface area (Å²) in [5.74, 6) is 1.15. The molecule has 1 atom stereocenters. The van der Waals surface area contributed by atoms with Gasteiger partial charge in [0.1, 0.15) is 5.82 Å². The zero-order chi connectivity index (χ0) is 21.7. The Morgan fingerprint density at radius 3 is 2.39 bits per heavy atom. The number of Topliss-reactive ketones (excluding diaryl/α,β-unsaturated/α-hetero) is 1.